The molecular formula is C21H21NO3. The van der Waals surface area contributed by atoms with E-state index in [2.05, 4.69) is 19.2 Å². The average molecular weight is 335 g/mol. The number of carbonyl (C=O) groups excluding carboxylic acids is 1. The smallest absolute Gasteiger partial charge is 0.255 e. The molecule has 0 saturated carbocycles. The molecule has 0 spiro atoms. The predicted octanol–water partition coefficient (Wildman–Crippen LogP) is 4.75. The molecule has 1 aliphatic heterocycles. The van der Waals surface area contributed by atoms with Crippen molar-refractivity contribution in [3.05, 3.63) is 71.5 Å². The zero-order valence-electron chi connectivity index (χ0n) is 14.6. The highest BCUT2D eigenvalue weighted by Gasteiger charge is 2.13. The molecule has 2 aromatic rings. The molecule has 1 heterocycles. The van der Waals surface area contributed by atoms with Crippen LogP contribution in [0.15, 0.2) is 60.4 Å². The van der Waals surface area contributed by atoms with Gasteiger partial charge in [0.15, 0.2) is 0 Å². The summed E-state index contributed by atoms with van der Waals surface area (Å²) in [5, 5.41) is 2.92. The normalized spacial score (nSPS) is 12.7. The van der Waals surface area contributed by atoms with Crippen molar-refractivity contribution in [2.75, 3.05) is 12.4 Å². The molecule has 0 atom stereocenters. The monoisotopic (exact) mass is 335 g/mol. The molecule has 1 amide bonds. The number of fused-ring (bicyclic) bond motifs is 1. The lowest BCUT2D eigenvalue weighted by molar-refractivity contribution is -0.112. The van der Waals surface area contributed by atoms with Crippen molar-refractivity contribution in [2.24, 2.45) is 0 Å². The van der Waals surface area contributed by atoms with Crippen molar-refractivity contribution in [1.29, 1.82) is 0 Å². The van der Waals surface area contributed by atoms with Gasteiger partial charge in [-0.2, -0.15) is 0 Å². The number of rotatable bonds is 4. The summed E-state index contributed by atoms with van der Waals surface area (Å²) >= 11 is 0. The Balaban J connectivity index is 1.82. The first-order valence-corrected chi connectivity index (χ1v) is 8.21. The molecule has 3 rings (SSSR count). The fourth-order valence-electron chi connectivity index (χ4n) is 2.57. The Kier molecular flexibility index (Phi) is 4.89. The van der Waals surface area contributed by atoms with Gasteiger partial charge in [0.05, 0.1) is 13.4 Å². The summed E-state index contributed by atoms with van der Waals surface area (Å²) in [4.78, 5) is 12.6. The van der Waals surface area contributed by atoms with Gasteiger partial charge in [-0.25, -0.2) is 0 Å². The average Bonchev–Trinajstić information content (AvgIpc) is 2.83. The minimum atomic E-state index is -0.187. The van der Waals surface area contributed by atoms with Gasteiger partial charge in [0.1, 0.15) is 11.5 Å². The summed E-state index contributed by atoms with van der Waals surface area (Å²) in [5.41, 5.74) is 3.31. The summed E-state index contributed by atoms with van der Waals surface area (Å²) in [7, 11) is 1.61. The van der Waals surface area contributed by atoms with E-state index in [1.165, 1.54) is 11.8 Å². The lowest BCUT2D eigenvalue weighted by atomic mass is 10.0. The summed E-state index contributed by atoms with van der Waals surface area (Å²) in [6.45, 7) is 4.28. The summed E-state index contributed by atoms with van der Waals surface area (Å²) in [6.07, 6.45) is 4.97. The number of carbonyl (C=O) groups is 1. The molecule has 1 aliphatic rings. The van der Waals surface area contributed by atoms with Crippen molar-refractivity contribution in [3.8, 4) is 11.5 Å². The SMILES string of the molecule is COc1ccc2c(c1)C=C(C(=O)Nc1ccc(C(C)C)cc1)C=CO2. The van der Waals surface area contributed by atoms with Gasteiger partial charge in [-0.05, 0) is 54.0 Å². The minimum Gasteiger partial charge on any atom is -0.497 e. The van der Waals surface area contributed by atoms with E-state index in [4.69, 9.17) is 9.47 Å². The van der Waals surface area contributed by atoms with Crippen molar-refractivity contribution < 1.29 is 14.3 Å². The third-order valence-electron chi connectivity index (χ3n) is 4.07. The van der Waals surface area contributed by atoms with E-state index in [1.807, 2.05) is 42.5 Å². The molecule has 2 aromatic carbocycles. The van der Waals surface area contributed by atoms with Crippen LogP contribution in [0, 0.1) is 0 Å². The van der Waals surface area contributed by atoms with Crippen LogP contribution in [0.2, 0.25) is 0 Å². The van der Waals surface area contributed by atoms with Gasteiger partial charge < -0.3 is 14.8 Å². The predicted molar refractivity (Wildman–Crippen MR) is 99.9 cm³/mol. The molecule has 128 valence electrons. The molecule has 0 radical (unpaired) electrons. The second-order valence-corrected chi connectivity index (χ2v) is 6.15. The molecule has 0 saturated heterocycles. The number of ether oxygens (including phenoxy) is 2. The quantitative estimate of drug-likeness (QED) is 0.877. The standard InChI is InChI=1S/C21H21NO3/c1-14(2)15-4-6-18(7-5-15)22-21(23)16-10-11-25-20-9-8-19(24-3)13-17(20)12-16/h4-14H,1-3H3,(H,22,23). The second kappa shape index (κ2) is 7.26. The van der Waals surface area contributed by atoms with Crippen LogP contribution in [0.5, 0.6) is 11.5 Å². The number of hydrogen-bond donors (Lipinski definition) is 1. The molecule has 4 nitrogen and oxygen atoms in total. The van der Waals surface area contributed by atoms with E-state index in [0.717, 1.165) is 11.3 Å². The maximum absolute atomic E-state index is 12.6. The lowest BCUT2D eigenvalue weighted by Crippen LogP contribution is -2.13. The molecule has 0 bridgehead atoms. The topological polar surface area (TPSA) is 47.6 Å². The number of amides is 1. The van der Waals surface area contributed by atoms with Gasteiger partial charge in [0.2, 0.25) is 0 Å². The van der Waals surface area contributed by atoms with E-state index in [1.54, 1.807) is 19.3 Å². The molecule has 0 fully saturated rings. The highest BCUT2D eigenvalue weighted by Crippen LogP contribution is 2.29. The van der Waals surface area contributed by atoms with Crippen molar-refractivity contribution in [2.45, 2.75) is 19.8 Å². The second-order valence-electron chi connectivity index (χ2n) is 6.15. The largest absolute Gasteiger partial charge is 0.497 e. The zero-order valence-corrected chi connectivity index (χ0v) is 14.6. The third-order valence-corrected chi connectivity index (χ3v) is 4.07. The number of nitrogens with one attached hydrogen (secondary N) is 1. The van der Waals surface area contributed by atoms with Gasteiger partial charge in [0, 0.05) is 16.8 Å². The van der Waals surface area contributed by atoms with Crippen LogP contribution >= 0.6 is 0 Å². The highest BCUT2D eigenvalue weighted by atomic mass is 16.5. The van der Waals surface area contributed by atoms with E-state index < -0.39 is 0 Å². The molecule has 0 unspecified atom stereocenters. The van der Waals surface area contributed by atoms with Gasteiger partial charge in [-0.15, -0.1) is 0 Å². The Hall–Kier alpha value is -3.01. The van der Waals surface area contributed by atoms with Gasteiger partial charge in [0.25, 0.3) is 5.91 Å². The first kappa shape index (κ1) is 16.8. The van der Waals surface area contributed by atoms with Crippen molar-refractivity contribution in [1.82, 2.24) is 0 Å². The molecular weight excluding hydrogens is 314 g/mol. The molecule has 25 heavy (non-hydrogen) atoms. The first-order valence-electron chi connectivity index (χ1n) is 8.21. The summed E-state index contributed by atoms with van der Waals surface area (Å²) < 4.78 is 10.8. The summed E-state index contributed by atoms with van der Waals surface area (Å²) in [5.74, 6) is 1.67. The van der Waals surface area contributed by atoms with E-state index in [-0.39, 0.29) is 5.91 Å². The maximum Gasteiger partial charge on any atom is 0.255 e. The van der Waals surface area contributed by atoms with Gasteiger partial charge in [-0.1, -0.05) is 26.0 Å². The van der Waals surface area contributed by atoms with Gasteiger partial charge in [-0.3, -0.25) is 4.79 Å². The number of anilines is 1. The van der Waals surface area contributed by atoms with Crippen LogP contribution in [0.1, 0.15) is 30.9 Å². The van der Waals surface area contributed by atoms with Crippen LogP contribution in [0.25, 0.3) is 6.08 Å². The van der Waals surface area contributed by atoms with Crippen molar-refractivity contribution >= 4 is 17.7 Å². The Morgan fingerprint density at radius 3 is 2.56 bits per heavy atom. The van der Waals surface area contributed by atoms with E-state index >= 15 is 0 Å². The Morgan fingerprint density at radius 1 is 1.12 bits per heavy atom. The van der Waals surface area contributed by atoms with E-state index in [0.29, 0.717) is 23.0 Å². The Bertz CT molecular complexity index is 833. The van der Waals surface area contributed by atoms with Crippen molar-refractivity contribution in [3.63, 3.8) is 0 Å². The Labute approximate surface area is 147 Å². The maximum atomic E-state index is 12.6. The van der Waals surface area contributed by atoms with Crippen LogP contribution in [-0.2, 0) is 4.79 Å². The third kappa shape index (κ3) is 3.91. The van der Waals surface area contributed by atoms with Crippen LogP contribution in [-0.4, -0.2) is 13.0 Å². The van der Waals surface area contributed by atoms with E-state index in [9.17, 15) is 4.79 Å². The molecule has 0 aromatic heterocycles. The summed E-state index contributed by atoms with van der Waals surface area (Å²) in [6, 6.07) is 13.4. The Morgan fingerprint density at radius 2 is 1.88 bits per heavy atom. The number of benzene rings is 2. The van der Waals surface area contributed by atoms with Crippen LogP contribution < -0.4 is 14.8 Å². The molecule has 0 aliphatic carbocycles. The lowest BCUT2D eigenvalue weighted by Gasteiger charge is -2.09. The zero-order chi connectivity index (χ0) is 17.8. The first-order chi connectivity index (χ1) is 12.1. The highest BCUT2D eigenvalue weighted by molar-refractivity contribution is 6.09. The number of hydrogen-bond acceptors (Lipinski definition) is 3. The van der Waals surface area contributed by atoms with Gasteiger partial charge >= 0.3 is 0 Å². The van der Waals surface area contributed by atoms with Crippen LogP contribution in [0.3, 0.4) is 0 Å². The van der Waals surface area contributed by atoms with Crippen LogP contribution in [0.4, 0.5) is 5.69 Å². The fraction of sp³-hybridized carbons (Fsp3) is 0.190. The molecule has 1 N–H and O–H groups in total. The fourth-order valence-corrected chi connectivity index (χ4v) is 2.57. The molecule has 4 heteroatoms. The minimum absolute atomic E-state index is 0.187. The number of methoxy groups -OCH3 is 1.